The number of hydrogen-bond donors (Lipinski definition) is 1. The number of fused-ring (bicyclic) bond motifs is 1. The number of nitriles is 1. The summed E-state index contributed by atoms with van der Waals surface area (Å²) < 4.78 is 8.57. The van der Waals surface area contributed by atoms with Crippen LogP contribution in [0.5, 0.6) is 5.88 Å². The molecule has 29 heavy (non-hydrogen) atoms. The van der Waals surface area contributed by atoms with Gasteiger partial charge in [-0.3, -0.25) is 15.8 Å². The summed E-state index contributed by atoms with van der Waals surface area (Å²) in [5.41, 5.74) is 9.27. The molecule has 1 aromatic heterocycles. The molecular formula is C20H14IN5O3. The van der Waals surface area contributed by atoms with Gasteiger partial charge in [-0.15, -0.1) is 0 Å². The summed E-state index contributed by atoms with van der Waals surface area (Å²) in [6.07, 6.45) is -1.01. The highest BCUT2D eigenvalue weighted by Crippen LogP contribution is 2.42. The lowest BCUT2D eigenvalue weighted by molar-refractivity contribution is -0.384. The largest absolute Gasteiger partial charge is 0.453 e. The molecule has 0 bridgehead atoms. The van der Waals surface area contributed by atoms with Gasteiger partial charge in [0, 0.05) is 21.3 Å². The van der Waals surface area contributed by atoms with Gasteiger partial charge in [-0.05, 0) is 59.3 Å². The van der Waals surface area contributed by atoms with E-state index in [-0.39, 0.29) is 11.3 Å². The Hall–Kier alpha value is -3.23. The Morgan fingerprint density at radius 3 is 2.69 bits per heavy atom. The number of nitro benzene ring substituents is 1. The molecule has 0 radical (unpaired) electrons. The van der Waals surface area contributed by atoms with E-state index in [1.165, 1.54) is 12.1 Å². The summed E-state index contributed by atoms with van der Waals surface area (Å²) in [6, 6.07) is 15.9. The zero-order valence-electron chi connectivity index (χ0n) is 15.2. The number of benzene rings is 2. The molecule has 8 nitrogen and oxygen atoms in total. The van der Waals surface area contributed by atoms with E-state index in [1.807, 2.05) is 24.3 Å². The first-order valence-electron chi connectivity index (χ1n) is 8.58. The average molecular weight is 499 g/mol. The van der Waals surface area contributed by atoms with Crippen LogP contribution in [0.1, 0.15) is 16.8 Å². The van der Waals surface area contributed by atoms with Crippen LogP contribution in [-0.4, -0.2) is 20.9 Å². The number of ether oxygens (including phenoxy) is 1. The van der Waals surface area contributed by atoms with Crippen LogP contribution < -0.4 is 10.5 Å². The molecule has 0 saturated heterocycles. The van der Waals surface area contributed by atoms with Crippen LogP contribution in [0.25, 0.3) is 11.3 Å². The molecule has 0 amide bonds. The van der Waals surface area contributed by atoms with Crippen molar-refractivity contribution in [2.45, 2.75) is 13.2 Å². The molecule has 0 aliphatic carbocycles. The fourth-order valence-corrected chi connectivity index (χ4v) is 3.67. The predicted octanol–water partition coefficient (Wildman–Crippen LogP) is 3.70. The predicted molar refractivity (Wildman–Crippen MR) is 114 cm³/mol. The van der Waals surface area contributed by atoms with Gasteiger partial charge in [0.1, 0.15) is 6.07 Å². The van der Waals surface area contributed by atoms with Crippen LogP contribution in [0.4, 0.5) is 5.69 Å². The minimum atomic E-state index is -1.01. The number of halogens is 1. The standard InChI is InChI=1S/C20H14IN5O3/c1-11-17-18(12-3-2-4-15(9-12)26(27)28)16(10-22)19(23)29-20(17)25(24-11)14-7-5-13(21)6-8-14/h2-9,19H,23H2,1H3. The van der Waals surface area contributed by atoms with Crippen LogP contribution in [0.3, 0.4) is 0 Å². The topological polar surface area (TPSA) is 120 Å². The minimum absolute atomic E-state index is 0.0726. The monoisotopic (exact) mass is 499 g/mol. The Labute approximate surface area is 179 Å². The van der Waals surface area contributed by atoms with Crippen molar-refractivity contribution in [3.8, 4) is 17.6 Å². The van der Waals surface area contributed by atoms with E-state index >= 15 is 0 Å². The van der Waals surface area contributed by atoms with Crippen LogP contribution >= 0.6 is 22.6 Å². The van der Waals surface area contributed by atoms with E-state index in [0.29, 0.717) is 28.3 Å². The maximum Gasteiger partial charge on any atom is 0.270 e. The third-order valence-electron chi connectivity index (χ3n) is 4.60. The van der Waals surface area contributed by atoms with Crippen molar-refractivity contribution >= 4 is 33.9 Å². The van der Waals surface area contributed by atoms with Gasteiger partial charge < -0.3 is 4.74 Å². The number of non-ortho nitro benzene ring substituents is 1. The lowest BCUT2D eigenvalue weighted by atomic mass is 9.91. The number of rotatable bonds is 3. The molecule has 1 atom stereocenters. The molecule has 1 aliphatic heterocycles. The second-order valence-electron chi connectivity index (χ2n) is 6.40. The molecule has 3 aromatic rings. The summed E-state index contributed by atoms with van der Waals surface area (Å²) in [4.78, 5) is 10.8. The Morgan fingerprint density at radius 2 is 2.03 bits per heavy atom. The van der Waals surface area contributed by atoms with Gasteiger partial charge in [-0.2, -0.15) is 10.4 Å². The van der Waals surface area contributed by atoms with E-state index in [4.69, 9.17) is 10.5 Å². The van der Waals surface area contributed by atoms with Crippen LogP contribution in [0.15, 0.2) is 54.1 Å². The van der Waals surface area contributed by atoms with E-state index in [1.54, 1.807) is 23.7 Å². The summed E-state index contributed by atoms with van der Waals surface area (Å²) in [6.45, 7) is 1.80. The maximum atomic E-state index is 11.2. The number of aromatic nitrogens is 2. The highest BCUT2D eigenvalue weighted by atomic mass is 127. The molecule has 0 fully saturated rings. The average Bonchev–Trinajstić information content (AvgIpc) is 3.03. The van der Waals surface area contributed by atoms with Crippen molar-refractivity contribution in [1.82, 2.24) is 9.78 Å². The number of nitrogens with zero attached hydrogens (tertiary/aromatic N) is 4. The van der Waals surface area contributed by atoms with Crippen molar-refractivity contribution in [3.63, 3.8) is 0 Å². The van der Waals surface area contributed by atoms with E-state index < -0.39 is 11.2 Å². The second kappa shape index (κ2) is 7.31. The first-order valence-corrected chi connectivity index (χ1v) is 9.66. The lowest BCUT2D eigenvalue weighted by Crippen LogP contribution is -2.33. The number of aryl methyl sites for hydroxylation is 1. The minimum Gasteiger partial charge on any atom is -0.453 e. The second-order valence-corrected chi connectivity index (χ2v) is 7.65. The third kappa shape index (κ3) is 3.26. The van der Waals surface area contributed by atoms with Gasteiger partial charge in [0.2, 0.25) is 5.88 Å². The van der Waals surface area contributed by atoms with Crippen LogP contribution in [-0.2, 0) is 0 Å². The van der Waals surface area contributed by atoms with Gasteiger partial charge in [-0.25, -0.2) is 4.68 Å². The number of nitro groups is 1. The van der Waals surface area contributed by atoms with E-state index in [9.17, 15) is 15.4 Å². The molecule has 1 aliphatic rings. The lowest BCUT2D eigenvalue weighted by Gasteiger charge is -2.24. The molecule has 144 valence electrons. The first kappa shape index (κ1) is 19.1. The number of hydrogen-bond acceptors (Lipinski definition) is 6. The zero-order chi connectivity index (χ0) is 20.7. The van der Waals surface area contributed by atoms with Crippen molar-refractivity contribution in [3.05, 3.63) is 84.6 Å². The molecule has 4 rings (SSSR count). The Bertz CT molecular complexity index is 1210. The van der Waals surface area contributed by atoms with Gasteiger partial charge >= 0.3 is 0 Å². The van der Waals surface area contributed by atoms with Gasteiger partial charge in [0.15, 0.2) is 6.23 Å². The van der Waals surface area contributed by atoms with Crippen molar-refractivity contribution in [2.75, 3.05) is 0 Å². The fourth-order valence-electron chi connectivity index (χ4n) is 3.31. The molecule has 9 heteroatoms. The first-order chi connectivity index (χ1) is 13.9. The quantitative estimate of drug-likeness (QED) is 0.334. The van der Waals surface area contributed by atoms with Gasteiger partial charge in [-0.1, -0.05) is 12.1 Å². The summed E-state index contributed by atoms with van der Waals surface area (Å²) in [7, 11) is 0. The summed E-state index contributed by atoms with van der Waals surface area (Å²) in [5, 5.41) is 25.5. The SMILES string of the molecule is Cc1nn(-c2ccc(I)cc2)c2c1C(c1cccc([N+](=O)[O-])c1)=C(C#N)C(N)O2. The third-order valence-corrected chi connectivity index (χ3v) is 5.32. The molecular weight excluding hydrogens is 485 g/mol. The Balaban J connectivity index is 1.98. The highest BCUT2D eigenvalue weighted by molar-refractivity contribution is 14.1. The smallest absolute Gasteiger partial charge is 0.270 e. The normalized spacial score (nSPS) is 15.4. The fraction of sp³-hybridized carbons (Fsp3) is 0.100. The van der Waals surface area contributed by atoms with Crippen LogP contribution in [0, 0.1) is 31.9 Å². The summed E-state index contributed by atoms with van der Waals surface area (Å²) >= 11 is 2.21. The molecule has 0 saturated carbocycles. The molecule has 2 aromatic carbocycles. The van der Waals surface area contributed by atoms with Crippen molar-refractivity contribution < 1.29 is 9.66 Å². The van der Waals surface area contributed by atoms with Gasteiger partial charge in [0.05, 0.1) is 27.4 Å². The van der Waals surface area contributed by atoms with Crippen molar-refractivity contribution in [1.29, 1.82) is 5.26 Å². The Kier molecular flexibility index (Phi) is 4.81. The molecule has 2 N–H and O–H groups in total. The summed E-state index contributed by atoms with van der Waals surface area (Å²) in [5.74, 6) is 0.400. The molecule has 1 unspecified atom stereocenters. The van der Waals surface area contributed by atoms with Crippen LogP contribution in [0.2, 0.25) is 0 Å². The molecule has 2 heterocycles. The zero-order valence-corrected chi connectivity index (χ0v) is 17.3. The van der Waals surface area contributed by atoms with E-state index in [2.05, 4.69) is 33.8 Å². The highest BCUT2D eigenvalue weighted by Gasteiger charge is 2.33. The van der Waals surface area contributed by atoms with E-state index in [0.717, 1.165) is 9.26 Å². The molecule has 0 spiro atoms. The van der Waals surface area contributed by atoms with Crippen molar-refractivity contribution in [2.24, 2.45) is 5.73 Å². The maximum absolute atomic E-state index is 11.2. The number of nitrogens with two attached hydrogens (primary N) is 1. The Morgan fingerprint density at radius 1 is 1.31 bits per heavy atom. The van der Waals surface area contributed by atoms with Gasteiger partial charge in [0.25, 0.3) is 5.69 Å².